The summed E-state index contributed by atoms with van der Waals surface area (Å²) in [6, 6.07) is 3.26. The van der Waals surface area contributed by atoms with Crippen molar-refractivity contribution in [1.82, 2.24) is 10.3 Å². The summed E-state index contributed by atoms with van der Waals surface area (Å²) < 4.78 is 10.1. The zero-order valence-electron chi connectivity index (χ0n) is 15.8. The number of ether oxygens (including phenoxy) is 2. The molecule has 0 aromatic carbocycles. The number of allylic oxidation sites excluding steroid dienone is 2. The van der Waals surface area contributed by atoms with Crippen molar-refractivity contribution in [1.29, 1.82) is 0 Å². The number of aliphatic hydroxyl groups is 1. The van der Waals surface area contributed by atoms with Crippen molar-refractivity contribution in [3.63, 3.8) is 0 Å². The summed E-state index contributed by atoms with van der Waals surface area (Å²) in [4.78, 5) is 29.0. The van der Waals surface area contributed by atoms with Crippen molar-refractivity contribution in [3.8, 4) is 0 Å². The first-order valence-corrected chi connectivity index (χ1v) is 9.01. The number of carbonyl (C=O) groups is 2. The lowest BCUT2D eigenvalue weighted by molar-refractivity contribution is 0.0426. The van der Waals surface area contributed by atoms with Gasteiger partial charge < -0.3 is 19.9 Å². The molecule has 1 aliphatic rings. The van der Waals surface area contributed by atoms with Gasteiger partial charge in [0.15, 0.2) is 5.69 Å². The molecule has 2 rings (SSSR count). The van der Waals surface area contributed by atoms with E-state index in [0.717, 1.165) is 18.4 Å². The maximum atomic E-state index is 12.4. The first-order valence-electron chi connectivity index (χ1n) is 9.01. The van der Waals surface area contributed by atoms with Crippen LogP contribution in [0.3, 0.4) is 0 Å². The molecule has 1 aromatic heterocycles. The first kappa shape index (κ1) is 20.6. The molecule has 0 aliphatic heterocycles. The van der Waals surface area contributed by atoms with E-state index in [0.29, 0.717) is 30.2 Å². The molecule has 7 heteroatoms. The second-order valence-corrected chi connectivity index (χ2v) is 6.30. The van der Waals surface area contributed by atoms with Gasteiger partial charge in [-0.15, -0.1) is 0 Å². The molecule has 1 amide bonds. The molecule has 146 valence electrons. The van der Waals surface area contributed by atoms with Crippen molar-refractivity contribution in [3.05, 3.63) is 47.5 Å². The fourth-order valence-electron chi connectivity index (χ4n) is 2.48. The van der Waals surface area contributed by atoms with E-state index >= 15 is 0 Å². The van der Waals surface area contributed by atoms with E-state index in [2.05, 4.69) is 16.9 Å². The number of methoxy groups -OCH3 is 1. The summed E-state index contributed by atoms with van der Waals surface area (Å²) in [6.45, 7) is 5.87. The first-order chi connectivity index (χ1) is 13.0. The van der Waals surface area contributed by atoms with Crippen LogP contribution in [0.2, 0.25) is 0 Å². The van der Waals surface area contributed by atoms with Gasteiger partial charge in [0.2, 0.25) is 0 Å². The summed E-state index contributed by atoms with van der Waals surface area (Å²) in [5.74, 6) is -0.0454. The van der Waals surface area contributed by atoms with Crippen molar-refractivity contribution >= 4 is 17.4 Å². The van der Waals surface area contributed by atoms with Crippen LogP contribution in [-0.4, -0.2) is 48.8 Å². The molecule has 0 spiro atoms. The highest BCUT2D eigenvalue weighted by Gasteiger charge is 2.24. The molecule has 1 aliphatic carbocycles. The third kappa shape index (κ3) is 5.92. The zero-order valence-corrected chi connectivity index (χ0v) is 15.8. The van der Waals surface area contributed by atoms with Gasteiger partial charge in [0.1, 0.15) is 18.1 Å². The number of nitrogens with zero attached hydrogens (tertiary/aromatic N) is 1. The second kappa shape index (κ2) is 9.87. The van der Waals surface area contributed by atoms with E-state index in [1.807, 2.05) is 6.92 Å². The van der Waals surface area contributed by atoms with Crippen LogP contribution in [0.5, 0.6) is 0 Å². The number of amides is 1. The largest absolute Gasteiger partial charge is 0.497 e. The van der Waals surface area contributed by atoms with Gasteiger partial charge >= 0.3 is 5.97 Å². The van der Waals surface area contributed by atoms with Crippen LogP contribution in [0.1, 0.15) is 52.7 Å². The minimum atomic E-state index is -0.696. The average Bonchev–Trinajstić information content (AvgIpc) is 3.52. The molecule has 0 unspecified atom stereocenters. The molecule has 27 heavy (non-hydrogen) atoms. The molecule has 0 radical (unpaired) electrons. The molecule has 1 saturated carbocycles. The number of aliphatic hydroxyl groups excluding tert-OH is 1. The summed E-state index contributed by atoms with van der Waals surface area (Å²) in [6.07, 6.45) is 4.56. The van der Waals surface area contributed by atoms with E-state index in [4.69, 9.17) is 14.6 Å². The quantitative estimate of drug-likeness (QED) is 0.371. The molecule has 1 fully saturated rings. The van der Waals surface area contributed by atoms with E-state index in [1.54, 1.807) is 18.2 Å². The predicted molar refractivity (Wildman–Crippen MR) is 101 cm³/mol. The fourth-order valence-corrected chi connectivity index (χ4v) is 2.48. The van der Waals surface area contributed by atoms with Gasteiger partial charge in [0.25, 0.3) is 5.91 Å². The molecule has 2 N–H and O–H groups in total. The number of aromatic nitrogens is 1. The van der Waals surface area contributed by atoms with Gasteiger partial charge in [-0.3, -0.25) is 4.79 Å². The summed E-state index contributed by atoms with van der Waals surface area (Å²) in [5.41, 5.74) is 1.49. The van der Waals surface area contributed by atoms with Crippen LogP contribution < -0.4 is 5.32 Å². The Morgan fingerprint density at radius 1 is 1.41 bits per heavy atom. The Kier molecular flexibility index (Phi) is 7.55. The Morgan fingerprint density at radius 3 is 2.74 bits per heavy atom. The lowest BCUT2D eigenvalue weighted by Gasteiger charge is -2.13. The molecule has 1 aromatic rings. The molecule has 0 saturated heterocycles. The topological polar surface area (TPSA) is 97.8 Å². The van der Waals surface area contributed by atoms with Gasteiger partial charge in [-0.25, -0.2) is 9.78 Å². The third-order valence-corrected chi connectivity index (χ3v) is 4.22. The Morgan fingerprint density at radius 2 is 2.15 bits per heavy atom. The standard InChI is InChI=1S/C20H26N2O5/c1-4-15(11-13(2)26-3)16-7-8-17(19(24)21-12-14-5-6-14)22-18(16)20(25)27-10-9-23/h7-8,11,14,23H,2,4-6,9-10,12H2,1,3H3,(H,21,24)/b15-11+. The lowest BCUT2D eigenvalue weighted by Crippen LogP contribution is -2.27. The minimum absolute atomic E-state index is 0.0273. The molecule has 1 heterocycles. The van der Waals surface area contributed by atoms with Crippen LogP contribution in [0, 0.1) is 5.92 Å². The fraction of sp³-hybridized carbons (Fsp3) is 0.450. The van der Waals surface area contributed by atoms with Gasteiger partial charge in [-0.1, -0.05) is 13.5 Å². The summed E-state index contributed by atoms with van der Waals surface area (Å²) in [5, 5.41) is 11.7. The number of rotatable bonds is 10. The van der Waals surface area contributed by atoms with Crippen molar-refractivity contribution < 1.29 is 24.2 Å². The van der Waals surface area contributed by atoms with Gasteiger partial charge in [0.05, 0.1) is 13.7 Å². The Bertz CT molecular complexity index is 738. The highest BCUT2D eigenvalue weighted by Crippen LogP contribution is 2.28. The maximum Gasteiger partial charge on any atom is 0.357 e. The van der Waals surface area contributed by atoms with Crippen molar-refractivity contribution in [2.75, 3.05) is 26.9 Å². The summed E-state index contributed by atoms with van der Waals surface area (Å²) in [7, 11) is 1.51. The van der Waals surface area contributed by atoms with E-state index in [-0.39, 0.29) is 30.5 Å². The number of hydrogen-bond donors (Lipinski definition) is 2. The smallest absolute Gasteiger partial charge is 0.357 e. The normalized spacial score (nSPS) is 13.8. The Hall–Kier alpha value is -2.67. The van der Waals surface area contributed by atoms with Gasteiger partial charge in [-0.2, -0.15) is 0 Å². The zero-order chi connectivity index (χ0) is 19.8. The minimum Gasteiger partial charge on any atom is -0.497 e. The van der Waals surface area contributed by atoms with E-state index in [9.17, 15) is 9.59 Å². The molecule has 7 nitrogen and oxygen atoms in total. The molecular weight excluding hydrogens is 348 g/mol. The van der Waals surface area contributed by atoms with Crippen LogP contribution >= 0.6 is 0 Å². The molecular formula is C20H26N2O5. The Labute approximate surface area is 159 Å². The monoisotopic (exact) mass is 374 g/mol. The number of carbonyl (C=O) groups excluding carboxylic acids is 2. The number of nitrogens with one attached hydrogen (secondary N) is 1. The predicted octanol–water partition coefficient (Wildman–Crippen LogP) is 2.32. The van der Waals surface area contributed by atoms with Crippen LogP contribution in [0.15, 0.2) is 30.5 Å². The second-order valence-electron chi connectivity index (χ2n) is 6.30. The van der Waals surface area contributed by atoms with Crippen LogP contribution in [0.25, 0.3) is 5.57 Å². The average molecular weight is 374 g/mol. The maximum absolute atomic E-state index is 12.4. The van der Waals surface area contributed by atoms with Crippen LogP contribution in [0.4, 0.5) is 0 Å². The highest BCUT2D eigenvalue weighted by molar-refractivity contribution is 5.97. The summed E-state index contributed by atoms with van der Waals surface area (Å²) >= 11 is 0. The highest BCUT2D eigenvalue weighted by atomic mass is 16.5. The van der Waals surface area contributed by atoms with Crippen molar-refractivity contribution in [2.45, 2.75) is 26.2 Å². The SMILES string of the molecule is C=C(/C=C(\CC)c1ccc(C(=O)NCC2CC2)nc1C(=O)OCCO)OC. The van der Waals surface area contributed by atoms with Gasteiger partial charge in [-0.05, 0) is 49.0 Å². The third-order valence-electron chi connectivity index (χ3n) is 4.22. The molecule has 0 atom stereocenters. The Balaban J connectivity index is 2.35. The van der Waals surface area contributed by atoms with E-state index < -0.39 is 5.97 Å². The number of pyridine rings is 1. The van der Waals surface area contributed by atoms with Gasteiger partial charge in [0, 0.05) is 12.1 Å². The molecule has 0 bridgehead atoms. The number of hydrogen-bond acceptors (Lipinski definition) is 6. The van der Waals surface area contributed by atoms with Crippen molar-refractivity contribution in [2.24, 2.45) is 5.92 Å². The lowest BCUT2D eigenvalue weighted by atomic mass is 10.00. The van der Waals surface area contributed by atoms with E-state index in [1.165, 1.54) is 7.11 Å². The number of esters is 1. The van der Waals surface area contributed by atoms with Crippen LogP contribution in [-0.2, 0) is 9.47 Å².